The number of aromatic nitrogens is 2. The molecule has 0 N–H and O–H groups in total. The number of allylic oxidation sites excluding steroid dienone is 1. The SMILES string of the molecule is CCOC(=O)C1=C(C)N=c2s/c(=C\c3cc(C)n(-c4sc(C)c(C)c4C(=O)OC)c3C)c(=O)n2[C@H]1c1cc(OC)ccc1OC. The van der Waals surface area contributed by atoms with Crippen molar-refractivity contribution >= 4 is 40.7 Å². The van der Waals surface area contributed by atoms with Gasteiger partial charge < -0.3 is 23.5 Å². The average molecular weight is 650 g/mol. The Labute approximate surface area is 268 Å². The number of hydrogen-bond donors (Lipinski definition) is 0. The number of aryl methyl sites for hydroxylation is 2. The summed E-state index contributed by atoms with van der Waals surface area (Å²) in [6, 6.07) is 6.38. The van der Waals surface area contributed by atoms with Gasteiger partial charge in [0.25, 0.3) is 5.56 Å². The van der Waals surface area contributed by atoms with Gasteiger partial charge in [0.1, 0.15) is 22.5 Å². The van der Waals surface area contributed by atoms with Crippen LogP contribution in [0.3, 0.4) is 0 Å². The fraction of sp³-hybridized carbons (Fsp3) is 0.333. The Kier molecular flexibility index (Phi) is 8.90. The molecule has 3 aromatic heterocycles. The van der Waals surface area contributed by atoms with Crippen molar-refractivity contribution in [3.05, 3.63) is 93.7 Å². The van der Waals surface area contributed by atoms with E-state index in [4.69, 9.17) is 18.9 Å². The van der Waals surface area contributed by atoms with Gasteiger partial charge in [-0.25, -0.2) is 14.6 Å². The number of ether oxygens (including phenoxy) is 4. The maximum Gasteiger partial charge on any atom is 0.341 e. The van der Waals surface area contributed by atoms with Gasteiger partial charge in [-0.1, -0.05) is 11.3 Å². The lowest BCUT2D eigenvalue weighted by atomic mass is 9.94. The van der Waals surface area contributed by atoms with Gasteiger partial charge >= 0.3 is 11.9 Å². The van der Waals surface area contributed by atoms with E-state index in [1.54, 1.807) is 39.2 Å². The maximum atomic E-state index is 14.3. The summed E-state index contributed by atoms with van der Waals surface area (Å²) in [5.74, 6) is 0.0753. The molecule has 0 fully saturated rings. The molecule has 1 atom stereocenters. The number of methoxy groups -OCH3 is 3. The Morgan fingerprint density at radius 3 is 2.38 bits per heavy atom. The average Bonchev–Trinajstić information content (AvgIpc) is 3.59. The first-order valence-electron chi connectivity index (χ1n) is 14.3. The van der Waals surface area contributed by atoms with Crippen molar-refractivity contribution in [1.29, 1.82) is 0 Å². The molecule has 236 valence electrons. The fourth-order valence-corrected chi connectivity index (χ4v) is 7.93. The van der Waals surface area contributed by atoms with Crippen LogP contribution in [0.15, 0.2) is 45.3 Å². The lowest BCUT2D eigenvalue weighted by Gasteiger charge is -2.26. The molecule has 0 amide bonds. The van der Waals surface area contributed by atoms with Crippen molar-refractivity contribution in [2.75, 3.05) is 27.9 Å². The number of benzene rings is 1. The predicted molar refractivity (Wildman–Crippen MR) is 174 cm³/mol. The first kappa shape index (κ1) is 32.0. The Morgan fingerprint density at radius 2 is 1.73 bits per heavy atom. The van der Waals surface area contributed by atoms with Crippen molar-refractivity contribution in [2.24, 2.45) is 4.99 Å². The summed E-state index contributed by atoms with van der Waals surface area (Å²) < 4.78 is 25.7. The highest BCUT2D eigenvalue weighted by molar-refractivity contribution is 7.15. The molecular weight excluding hydrogens is 615 g/mol. The Bertz CT molecular complexity index is 2060. The number of rotatable bonds is 8. The van der Waals surface area contributed by atoms with Gasteiger partial charge in [0.2, 0.25) is 0 Å². The summed E-state index contributed by atoms with van der Waals surface area (Å²) in [4.78, 5) is 46.5. The third-order valence-electron chi connectivity index (χ3n) is 7.96. The second-order valence-corrected chi connectivity index (χ2v) is 12.7. The van der Waals surface area contributed by atoms with Crippen LogP contribution in [0.5, 0.6) is 11.5 Å². The minimum atomic E-state index is -0.861. The summed E-state index contributed by atoms with van der Waals surface area (Å²) in [5.41, 5.74) is 4.94. The summed E-state index contributed by atoms with van der Waals surface area (Å²) in [5, 5.41) is 0.771. The number of fused-ring (bicyclic) bond motifs is 1. The summed E-state index contributed by atoms with van der Waals surface area (Å²) in [7, 11) is 4.46. The minimum Gasteiger partial charge on any atom is -0.497 e. The minimum absolute atomic E-state index is 0.165. The molecule has 12 heteroatoms. The van der Waals surface area contributed by atoms with Gasteiger partial charge in [0, 0.05) is 21.8 Å². The molecule has 0 aliphatic carbocycles. The summed E-state index contributed by atoms with van der Waals surface area (Å²) in [6.07, 6.45) is 1.83. The van der Waals surface area contributed by atoms with Crippen LogP contribution in [0.4, 0.5) is 0 Å². The summed E-state index contributed by atoms with van der Waals surface area (Å²) >= 11 is 2.76. The van der Waals surface area contributed by atoms with E-state index in [2.05, 4.69) is 4.99 Å². The highest BCUT2D eigenvalue weighted by Gasteiger charge is 2.35. The number of thiophene rings is 1. The van der Waals surface area contributed by atoms with Gasteiger partial charge in [-0.15, -0.1) is 11.3 Å². The molecule has 4 heterocycles. The van der Waals surface area contributed by atoms with E-state index < -0.39 is 18.0 Å². The molecule has 1 aliphatic rings. The molecule has 10 nitrogen and oxygen atoms in total. The van der Waals surface area contributed by atoms with Crippen molar-refractivity contribution < 1.29 is 28.5 Å². The third kappa shape index (κ3) is 5.42. The van der Waals surface area contributed by atoms with E-state index in [1.165, 1.54) is 41.5 Å². The summed E-state index contributed by atoms with van der Waals surface area (Å²) in [6.45, 7) is 11.4. The molecular formula is C33H35N3O7S2. The molecule has 5 rings (SSSR count). The van der Waals surface area contributed by atoms with E-state index in [9.17, 15) is 14.4 Å². The number of carbonyl (C=O) groups excluding carboxylic acids is 2. The molecule has 0 unspecified atom stereocenters. The van der Waals surface area contributed by atoms with Gasteiger partial charge in [0.05, 0.1) is 49.3 Å². The zero-order chi connectivity index (χ0) is 32.7. The van der Waals surface area contributed by atoms with Crippen LogP contribution in [0.2, 0.25) is 0 Å². The van der Waals surface area contributed by atoms with Gasteiger partial charge in [0.15, 0.2) is 4.80 Å². The second-order valence-electron chi connectivity index (χ2n) is 10.5. The van der Waals surface area contributed by atoms with Crippen LogP contribution in [-0.4, -0.2) is 49.0 Å². The zero-order valence-corrected chi connectivity index (χ0v) is 28.3. The molecule has 0 radical (unpaired) electrons. The highest BCUT2D eigenvalue weighted by Crippen LogP contribution is 2.38. The molecule has 0 saturated carbocycles. The number of carbonyl (C=O) groups is 2. The second kappa shape index (κ2) is 12.5. The Balaban J connectivity index is 1.74. The molecule has 4 aromatic rings. The van der Waals surface area contributed by atoms with Crippen molar-refractivity contribution in [1.82, 2.24) is 9.13 Å². The third-order valence-corrected chi connectivity index (χ3v) is 10.1. The van der Waals surface area contributed by atoms with Crippen LogP contribution in [0.25, 0.3) is 11.1 Å². The quantitative estimate of drug-likeness (QED) is 0.255. The molecule has 0 saturated heterocycles. The largest absolute Gasteiger partial charge is 0.497 e. The lowest BCUT2D eigenvalue weighted by molar-refractivity contribution is -0.139. The topological polar surface area (TPSA) is 110 Å². The molecule has 0 spiro atoms. The fourth-order valence-electron chi connectivity index (χ4n) is 5.64. The van der Waals surface area contributed by atoms with Crippen molar-refractivity contribution in [3.8, 4) is 16.5 Å². The molecule has 0 bridgehead atoms. The normalized spacial score (nSPS) is 14.7. The van der Waals surface area contributed by atoms with E-state index in [0.717, 1.165) is 32.4 Å². The Hall–Kier alpha value is -4.42. The molecule has 45 heavy (non-hydrogen) atoms. The monoisotopic (exact) mass is 649 g/mol. The molecule has 1 aliphatic heterocycles. The van der Waals surface area contributed by atoms with Gasteiger partial charge in [-0.3, -0.25) is 9.36 Å². The number of thiazole rings is 1. The lowest BCUT2D eigenvalue weighted by Crippen LogP contribution is -2.40. The van der Waals surface area contributed by atoms with Crippen LogP contribution in [0.1, 0.15) is 63.2 Å². The Morgan fingerprint density at radius 1 is 1.00 bits per heavy atom. The number of nitrogens with zero attached hydrogens (tertiary/aromatic N) is 3. The van der Waals surface area contributed by atoms with Crippen molar-refractivity contribution in [2.45, 2.75) is 47.6 Å². The first-order chi connectivity index (χ1) is 21.5. The van der Waals surface area contributed by atoms with E-state index >= 15 is 0 Å². The van der Waals surface area contributed by atoms with E-state index in [0.29, 0.717) is 37.7 Å². The van der Waals surface area contributed by atoms with E-state index in [-0.39, 0.29) is 17.7 Å². The highest BCUT2D eigenvalue weighted by atomic mass is 32.1. The van der Waals surface area contributed by atoms with Gasteiger partial charge in [-0.05, 0) is 83.0 Å². The van der Waals surface area contributed by atoms with Crippen LogP contribution < -0.4 is 24.4 Å². The maximum absolute atomic E-state index is 14.3. The standard InChI is InChI=1S/C33H35N3O7S2/c1-10-43-32(39)27-18(4)34-33-36(28(27)23-15-22(40-7)11-12-24(23)41-8)29(37)25(45-33)14-21-13-16(2)35(19(21)5)30-26(31(38)42-9)17(3)20(6)44-30/h11-15,28H,10H2,1-9H3/b25-14-/t28-/m0/s1. The number of hydrogen-bond acceptors (Lipinski definition) is 10. The number of esters is 2. The van der Waals surface area contributed by atoms with Crippen LogP contribution >= 0.6 is 22.7 Å². The first-order valence-corrected chi connectivity index (χ1v) is 15.9. The van der Waals surface area contributed by atoms with E-state index in [1.807, 2.05) is 44.4 Å². The smallest absolute Gasteiger partial charge is 0.341 e. The van der Waals surface area contributed by atoms with Crippen LogP contribution in [-0.2, 0) is 14.3 Å². The zero-order valence-electron chi connectivity index (χ0n) is 26.7. The van der Waals surface area contributed by atoms with Gasteiger partial charge in [-0.2, -0.15) is 0 Å². The predicted octanol–water partition coefficient (Wildman–Crippen LogP) is 4.69. The van der Waals surface area contributed by atoms with Crippen molar-refractivity contribution in [3.63, 3.8) is 0 Å². The van der Waals surface area contributed by atoms with Crippen LogP contribution in [0, 0.1) is 27.7 Å². The molecule has 1 aromatic carbocycles.